The van der Waals surface area contributed by atoms with Gasteiger partial charge in [-0.1, -0.05) is 12.1 Å². The van der Waals surface area contributed by atoms with Gasteiger partial charge in [-0.2, -0.15) is 0 Å². The van der Waals surface area contributed by atoms with Gasteiger partial charge in [-0.05, 0) is 67.1 Å². The van der Waals surface area contributed by atoms with Crippen LogP contribution in [0, 0.1) is 12.7 Å². The average molecular weight is 515 g/mol. The van der Waals surface area contributed by atoms with Crippen molar-refractivity contribution < 1.29 is 18.7 Å². The lowest BCUT2D eigenvalue weighted by Gasteiger charge is -2.22. The Morgan fingerprint density at radius 3 is 2.54 bits per heavy atom. The number of anilines is 1. The van der Waals surface area contributed by atoms with Crippen molar-refractivity contribution in [2.24, 2.45) is 0 Å². The highest BCUT2D eigenvalue weighted by atomic mass is 32.1. The van der Waals surface area contributed by atoms with Crippen molar-refractivity contribution in [3.63, 3.8) is 0 Å². The van der Waals surface area contributed by atoms with Gasteiger partial charge < -0.3 is 14.4 Å². The van der Waals surface area contributed by atoms with E-state index >= 15 is 0 Å². The molecule has 0 saturated heterocycles. The van der Waals surface area contributed by atoms with Crippen molar-refractivity contribution in [2.45, 2.75) is 13.5 Å². The molecule has 0 bridgehead atoms. The fourth-order valence-corrected chi connectivity index (χ4v) is 4.73. The summed E-state index contributed by atoms with van der Waals surface area (Å²) >= 11 is 1.48. The lowest BCUT2D eigenvalue weighted by molar-refractivity contribution is 0.0506. The second-order valence-electron chi connectivity index (χ2n) is 8.27. The van der Waals surface area contributed by atoms with E-state index in [0.717, 1.165) is 26.8 Å². The largest absolute Gasteiger partial charge is 0.467 e. The zero-order valence-corrected chi connectivity index (χ0v) is 21.0. The van der Waals surface area contributed by atoms with Crippen LogP contribution in [0.2, 0.25) is 0 Å². The van der Waals surface area contributed by atoms with Crippen LogP contribution in [-0.4, -0.2) is 34.8 Å². The first-order chi connectivity index (χ1) is 18.0. The Labute approximate surface area is 217 Å². The minimum absolute atomic E-state index is 0.177. The predicted molar refractivity (Wildman–Crippen MR) is 141 cm³/mol. The van der Waals surface area contributed by atoms with Gasteiger partial charge in [0.25, 0.3) is 5.91 Å². The van der Waals surface area contributed by atoms with Crippen LogP contribution in [0.1, 0.15) is 20.9 Å². The molecule has 0 atom stereocenters. The van der Waals surface area contributed by atoms with Crippen molar-refractivity contribution in [1.29, 1.82) is 0 Å². The van der Waals surface area contributed by atoms with E-state index < -0.39 is 0 Å². The lowest BCUT2D eigenvalue weighted by atomic mass is 10.1. The third-order valence-corrected chi connectivity index (χ3v) is 6.70. The zero-order chi connectivity index (χ0) is 25.8. The van der Waals surface area contributed by atoms with E-state index in [1.54, 1.807) is 30.3 Å². The Balaban J connectivity index is 1.44. The summed E-state index contributed by atoms with van der Waals surface area (Å²) in [4.78, 5) is 29.5. The van der Waals surface area contributed by atoms with Gasteiger partial charge >= 0.3 is 0 Å². The van der Waals surface area contributed by atoms with E-state index in [1.807, 2.05) is 49.4 Å². The van der Waals surface area contributed by atoms with Gasteiger partial charge in [0.1, 0.15) is 22.3 Å². The van der Waals surface area contributed by atoms with Gasteiger partial charge in [-0.3, -0.25) is 9.78 Å². The standard InChI is InChI=1S/C28H23FN4O3S/c1-18-13-19(7-12-26(18)36-17-35-2)27-31-14-22(37-27)16-33(21-10-8-20(29)9-11-21)28(34)25-15-30-23-5-3-4-6-24(23)32-25/h3-15H,16-17H2,1-2H3. The normalized spacial score (nSPS) is 11.0. The zero-order valence-electron chi connectivity index (χ0n) is 20.2. The highest BCUT2D eigenvalue weighted by Crippen LogP contribution is 2.31. The van der Waals surface area contributed by atoms with Crippen LogP contribution in [0.3, 0.4) is 0 Å². The molecule has 0 aliphatic carbocycles. The number of ether oxygens (including phenoxy) is 2. The number of hydrogen-bond donors (Lipinski definition) is 0. The van der Waals surface area contributed by atoms with Crippen LogP contribution in [0.25, 0.3) is 21.6 Å². The first-order valence-electron chi connectivity index (χ1n) is 11.5. The molecule has 37 heavy (non-hydrogen) atoms. The molecule has 3 aromatic carbocycles. The van der Waals surface area contributed by atoms with Crippen LogP contribution in [-0.2, 0) is 11.3 Å². The third-order valence-electron chi connectivity index (χ3n) is 5.67. The number of carbonyl (C=O) groups excluding carboxylic acids is 1. The van der Waals surface area contributed by atoms with Crippen LogP contribution in [0.4, 0.5) is 10.1 Å². The number of methoxy groups -OCH3 is 1. The van der Waals surface area contributed by atoms with Crippen LogP contribution < -0.4 is 9.64 Å². The summed E-state index contributed by atoms with van der Waals surface area (Å²) in [6.07, 6.45) is 3.22. The number of thiazole rings is 1. The van der Waals surface area contributed by atoms with Gasteiger partial charge in [0.15, 0.2) is 6.79 Å². The number of fused-ring (bicyclic) bond motifs is 1. The maximum Gasteiger partial charge on any atom is 0.278 e. The molecule has 9 heteroatoms. The van der Waals surface area contributed by atoms with Crippen LogP contribution in [0.15, 0.2) is 79.1 Å². The number of aryl methyl sites for hydroxylation is 1. The van der Waals surface area contributed by atoms with Gasteiger partial charge in [-0.25, -0.2) is 14.4 Å². The number of halogens is 1. The first kappa shape index (κ1) is 24.5. The molecule has 0 aliphatic rings. The summed E-state index contributed by atoms with van der Waals surface area (Å²) in [6.45, 7) is 2.38. The molecule has 0 saturated carbocycles. The maximum absolute atomic E-state index is 13.6. The van der Waals surface area contributed by atoms with E-state index in [4.69, 9.17) is 9.47 Å². The molecule has 0 radical (unpaired) electrons. The summed E-state index contributed by atoms with van der Waals surface area (Å²) in [7, 11) is 1.58. The molecule has 0 unspecified atom stereocenters. The topological polar surface area (TPSA) is 77.4 Å². The number of hydrogen-bond acceptors (Lipinski definition) is 7. The molecular weight excluding hydrogens is 491 g/mol. The smallest absolute Gasteiger partial charge is 0.278 e. The number of rotatable bonds is 8. The Morgan fingerprint density at radius 1 is 1.00 bits per heavy atom. The van der Waals surface area contributed by atoms with Crippen LogP contribution >= 0.6 is 11.3 Å². The van der Waals surface area contributed by atoms with Crippen LogP contribution in [0.5, 0.6) is 5.75 Å². The number of para-hydroxylation sites is 2. The summed E-state index contributed by atoms with van der Waals surface area (Å²) in [6, 6.07) is 19.0. The number of aromatic nitrogens is 3. The molecular formula is C28H23FN4O3S. The minimum atomic E-state index is -0.380. The summed E-state index contributed by atoms with van der Waals surface area (Å²) in [5.74, 6) is 0.0253. The number of amides is 1. The number of benzene rings is 3. The predicted octanol–water partition coefficient (Wildman–Crippen LogP) is 6.03. The van der Waals surface area contributed by atoms with E-state index in [-0.39, 0.29) is 30.8 Å². The van der Waals surface area contributed by atoms with Crippen molar-refractivity contribution >= 4 is 34.0 Å². The molecule has 5 aromatic rings. The fourth-order valence-electron chi connectivity index (χ4n) is 3.84. The molecule has 0 fully saturated rings. The van der Waals surface area contributed by atoms with E-state index in [9.17, 15) is 9.18 Å². The molecule has 5 rings (SSSR count). The summed E-state index contributed by atoms with van der Waals surface area (Å²) in [5.41, 5.74) is 3.99. The van der Waals surface area contributed by atoms with E-state index in [0.29, 0.717) is 16.7 Å². The number of nitrogens with zero attached hydrogens (tertiary/aromatic N) is 4. The molecule has 186 valence electrons. The first-order valence-corrected chi connectivity index (χ1v) is 12.3. The Bertz CT molecular complexity index is 1560. The Hall–Kier alpha value is -4.21. The summed E-state index contributed by atoms with van der Waals surface area (Å²) < 4.78 is 24.2. The molecule has 2 aromatic heterocycles. The summed E-state index contributed by atoms with van der Waals surface area (Å²) in [5, 5.41) is 0.813. The van der Waals surface area contributed by atoms with Crippen molar-refractivity contribution in [1.82, 2.24) is 15.0 Å². The second-order valence-corrected chi connectivity index (χ2v) is 9.39. The molecule has 1 amide bonds. The molecule has 7 nitrogen and oxygen atoms in total. The SMILES string of the molecule is COCOc1ccc(-c2ncc(CN(C(=O)c3cnc4ccccc4n3)c3ccc(F)cc3)s2)cc1C. The van der Waals surface area contributed by atoms with Crippen molar-refractivity contribution in [2.75, 3.05) is 18.8 Å². The minimum Gasteiger partial charge on any atom is -0.467 e. The highest BCUT2D eigenvalue weighted by Gasteiger charge is 2.22. The average Bonchev–Trinajstić information content (AvgIpc) is 3.40. The second kappa shape index (κ2) is 10.8. The third kappa shape index (κ3) is 5.47. The molecule has 0 spiro atoms. The fraction of sp³-hybridized carbons (Fsp3) is 0.143. The maximum atomic E-state index is 13.6. The van der Waals surface area contributed by atoms with E-state index in [2.05, 4.69) is 15.0 Å². The Kier molecular flexibility index (Phi) is 7.16. The molecule has 2 heterocycles. The number of carbonyl (C=O) groups is 1. The van der Waals surface area contributed by atoms with Gasteiger partial charge in [0, 0.05) is 29.4 Å². The van der Waals surface area contributed by atoms with E-state index in [1.165, 1.54) is 29.7 Å². The monoisotopic (exact) mass is 514 g/mol. The lowest BCUT2D eigenvalue weighted by Crippen LogP contribution is -2.31. The van der Waals surface area contributed by atoms with Crippen molar-refractivity contribution in [3.05, 3.63) is 101 Å². The quantitative estimate of drug-likeness (QED) is 0.235. The van der Waals surface area contributed by atoms with Gasteiger partial charge in [0.2, 0.25) is 0 Å². The highest BCUT2D eigenvalue weighted by molar-refractivity contribution is 7.15. The van der Waals surface area contributed by atoms with Gasteiger partial charge in [-0.15, -0.1) is 11.3 Å². The Morgan fingerprint density at radius 2 is 1.78 bits per heavy atom. The van der Waals surface area contributed by atoms with Crippen molar-refractivity contribution in [3.8, 4) is 16.3 Å². The molecule has 0 aliphatic heterocycles. The van der Waals surface area contributed by atoms with Gasteiger partial charge in [0.05, 0.1) is 23.8 Å². The molecule has 0 N–H and O–H groups in total.